The molecule has 2 N–H and O–H groups in total. The van der Waals surface area contributed by atoms with Gasteiger partial charge in [-0.05, 0) is 44.2 Å². The van der Waals surface area contributed by atoms with Gasteiger partial charge in [-0.2, -0.15) is 0 Å². The summed E-state index contributed by atoms with van der Waals surface area (Å²) in [5, 5.41) is 5.27. The van der Waals surface area contributed by atoms with Crippen molar-refractivity contribution in [2.45, 2.75) is 26.3 Å². The van der Waals surface area contributed by atoms with Crippen LogP contribution >= 0.6 is 0 Å². The van der Waals surface area contributed by atoms with Gasteiger partial charge in [-0.3, -0.25) is 4.79 Å². The van der Waals surface area contributed by atoms with Gasteiger partial charge in [-0.15, -0.1) is 0 Å². The third kappa shape index (κ3) is 6.09. The number of pyridine rings is 1. The number of piperazine rings is 1. The molecule has 0 unspecified atom stereocenters. The van der Waals surface area contributed by atoms with Crippen LogP contribution in [0.25, 0.3) is 0 Å². The lowest BCUT2D eigenvalue weighted by molar-refractivity contribution is -0.131. The lowest BCUT2D eigenvalue weighted by Crippen LogP contribution is -2.49. The highest BCUT2D eigenvalue weighted by molar-refractivity contribution is 5.89. The fraction of sp³-hybridized carbons (Fsp3) is 0.435. The Bertz CT molecular complexity index is 916. The Morgan fingerprint density at radius 3 is 2.53 bits per heavy atom. The second kappa shape index (κ2) is 10.8. The Labute approximate surface area is 188 Å². The van der Waals surface area contributed by atoms with Crippen molar-refractivity contribution in [2.75, 3.05) is 54.9 Å². The number of carbonyl (C=O) groups is 2. The minimum Gasteiger partial charge on any atom is -0.370 e. The van der Waals surface area contributed by atoms with Gasteiger partial charge >= 0.3 is 6.03 Å². The van der Waals surface area contributed by atoms with Crippen LogP contribution in [0.15, 0.2) is 42.6 Å². The molecule has 32 heavy (non-hydrogen) atoms. The number of urea groups is 1. The zero-order valence-electron chi connectivity index (χ0n) is 18.8. The lowest BCUT2D eigenvalue weighted by atomic mass is 10.2. The predicted molar refractivity (Wildman–Crippen MR) is 125 cm³/mol. The summed E-state index contributed by atoms with van der Waals surface area (Å²) in [6.45, 7) is 6.85. The number of carbonyl (C=O) groups excluding carboxylic acids is 2. The third-order valence-corrected chi connectivity index (χ3v) is 5.59. The Hall–Kier alpha value is -3.36. The van der Waals surface area contributed by atoms with Gasteiger partial charge in [0.2, 0.25) is 5.91 Å². The first kappa shape index (κ1) is 23.3. The van der Waals surface area contributed by atoms with Crippen LogP contribution in [0.5, 0.6) is 0 Å². The van der Waals surface area contributed by atoms with E-state index in [2.05, 4.69) is 20.5 Å². The van der Waals surface area contributed by atoms with Gasteiger partial charge < -0.3 is 25.3 Å². The van der Waals surface area contributed by atoms with Crippen LogP contribution in [0.2, 0.25) is 0 Å². The Balaban J connectivity index is 1.39. The van der Waals surface area contributed by atoms with Gasteiger partial charge in [0.25, 0.3) is 0 Å². The van der Waals surface area contributed by atoms with Gasteiger partial charge in [-0.25, -0.2) is 14.2 Å². The van der Waals surface area contributed by atoms with E-state index in [-0.39, 0.29) is 24.9 Å². The molecular formula is C23H31FN6O2. The van der Waals surface area contributed by atoms with Crippen LogP contribution in [0.4, 0.5) is 26.4 Å². The average Bonchev–Trinajstić information content (AvgIpc) is 2.79. The molecule has 1 aliphatic rings. The van der Waals surface area contributed by atoms with Gasteiger partial charge in [0.05, 0.1) is 5.69 Å². The molecule has 1 saturated heterocycles. The van der Waals surface area contributed by atoms with Crippen molar-refractivity contribution in [3.05, 3.63) is 48.4 Å². The maximum Gasteiger partial charge on any atom is 0.319 e. The number of nitrogens with one attached hydrogen (secondary N) is 2. The van der Waals surface area contributed by atoms with E-state index in [4.69, 9.17) is 0 Å². The van der Waals surface area contributed by atoms with Gasteiger partial charge in [-0.1, -0.05) is 6.07 Å². The molecule has 8 nitrogen and oxygen atoms in total. The highest BCUT2D eigenvalue weighted by Gasteiger charge is 2.21. The fourth-order valence-electron chi connectivity index (χ4n) is 3.49. The monoisotopic (exact) mass is 442 g/mol. The van der Waals surface area contributed by atoms with Gasteiger partial charge in [0, 0.05) is 64.1 Å². The minimum atomic E-state index is -0.470. The van der Waals surface area contributed by atoms with Crippen molar-refractivity contribution in [1.82, 2.24) is 15.2 Å². The molecule has 0 spiro atoms. The molecule has 1 aliphatic heterocycles. The Kier molecular flexibility index (Phi) is 7.86. The molecule has 1 fully saturated rings. The van der Waals surface area contributed by atoms with Crippen LogP contribution in [-0.2, 0) is 4.79 Å². The summed E-state index contributed by atoms with van der Waals surface area (Å²) in [6, 6.07) is 10.1. The molecule has 0 bridgehead atoms. The SMILES string of the molecule is CC(C)N(C)c1ccc(NC(=O)NCCC(=O)N2CCN(c3ccccn3)CC2)cc1F. The number of halogens is 1. The van der Waals surface area contributed by atoms with Crippen molar-refractivity contribution in [2.24, 2.45) is 0 Å². The van der Waals surface area contributed by atoms with Gasteiger partial charge in [0.1, 0.15) is 11.6 Å². The van der Waals surface area contributed by atoms with E-state index in [1.807, 2.05) is 44.0 Å². The predicted octanol–water partition coefficient (Wildman–Crippen LogP) is 2.93. The number of anilines is 3. The van der Waals surface area contributed by atoms with E-state index < -0.39 is 11.8 Å². The molecule has 0 aliphatic carbocycles. The molecular weight excluding hydrogens is 411 g/mol. The van der Waals surface area contributed by atoms with Crippen molar-refractivity contribution in [3.8, 4) is 0 Å². The van der Waals surface area contributed by atoms with Crippen molar-refractivity contribution in [1.29, 1.82) is 0 Å². The zero-order chi connectivity index (χ0) is 23.1. The summed E-state index contributed by atoms with van der Waals surface area (Å²) in [4.78, 5) is 34.7. The normalized spacial score (nSPS) is 13.8. The maximum atomic E-state index is 14.3. The maximum absolute atomic E-state index is 14.3. The average molecular weight is 443 g/mol. The van der Waals surface area contributed by atoms with Gasteiger partial charge in [0.15, 0.2) is 0 Å². The number of amides is 3. The van der Waals surface area contributed by atoms with E-state index in [9.17, 15) is 14.0 Å². The first-order chi connectivity index (χ1) is 15.3. The molecule has 2 heterocycles. The number of hydrogen-bond acceptors (Lipinski definition) is 5. The van der Waals surface area contributed by atoms with E-state index in [1.165, 1.54) is 6.07 Å². The Morgan fingerprint density at radius 1 is 1.16 bits per heavy atom. The topological polar surface area (TPSA) is 80.8 Å². The molecule has 1 aromatic heterocycles. The Morgan fingerprint density at radius 2 is 1.91 bits per heavy atom. The zero-order valence-corrected chi connectivity index (χ0v) is 18.8. The summed E-state index contributed by atoms with van der Waals surface area (Å²) in [5.74, 6) is 0.510. The third-order valence-electron chi connectivity index (χ3n) is 5.59. The number of hydrogen-bond donors (Lipinski definition) is 2. The lowest BCUT2D eigenvalue weighted by Gasteiger charge is -2.35. The van der Waals surface area contributed by atoms with E-state index in [0.717, 1.165) is 18.9 Å². The largest absolute Gasteiger partial charge is 0.370 e. The summed E-state index contributed by atoms with van der Waals surface area (Å²) >= 11 is 0. The highest BCUT2D eigenvalue weighted by Crippen LogP contribution is 2.23. The van der Waals surface area contributed by atoms with Crippen LogP contribution in [0.3, 0.4) is 0 Å². The fourth-order valence-corrected chi connectivity index (χ4v) is 3.49. The quantitative estimate of drug-likeness (QED) is 0.689. The number of rotatable bonds is 7. The van der Waals surface area contributed by atoms with E-state index >= 15 is 0 Å². The van der Waals surface area contributed by atoms with Crippen molar-refractivity contribution < 1.29 is 14.0 Å². The van der Waals surface area contributed by atoms with Crippen LogP contribution in [-0.4, -0.2) is 67.6 Å². The molecule has 1 aromatic carbocycles. The molecule has 0 saturated carbocycles. The summed E-state index contributed by atoms with van der Waals surface area (Å²) < 4.78 is 14.3. The van der Waals surface area contributed by atoms with Crippen molar-refractivity contribution >= 4 is 29.1 Å². The first-order valence-corrected chi connectivity index (χ1v) is 10.9. The summed E-state index contributed by atoms with van der Waals surface area (Å²) in [6.07, 6.45) is 1.97. The minimum absolute atomic E-state index is 0.00177. The second-order valence-electron chi connectivity index (χ2n) is 8.06. The molecule has 3 amide bonds. The van der Waals surface area contributed by atoms with E-state index in [1.54, 1.807) is 23.2 Å². The molecule has 172 valence electrons. The summed E-state index contributed by atoms with van der Waals surface area (Å²) in [5.41, 5.74) is 0.831. The molecule has 9 heteroatoms. The standard InChI is InChI=1S/C23H31FN6O2/c1-17(2)28(3)20-8-7-18(16-19(20)24)27-23(32)26-11-9-22(31)30-14-12-29(13-15-30)21-6-4-5-10-25-21/h4-8,10,16-17H,9,11-15H2,1-3H3,(H2,26,27,32). The van der Waals surface area contributed by atoms with E-state index in [0.29, 0.717) is 24.5 Å². The number of benzene rings is 1. The van der Waals surface area contributed by atoms with Crippen LogP contribution in [0, 0.1) is 5.82 Å². The number of aromatic nitrogens is 1. The summed E-state index contributed by atoms with van der Waals surface area (Å²) in [7, 11) is 1.82. The molecule has 2 aromatic rings. The molecule has 0 atom stereocenters. The molecule has 3 rings (SSSR count). The molecule has 0 radical (unpaired) electrons. The smallest absolute Gasteiger partial charge is 0.319 e. The number of nitrogens with zero attached hydrogens (tertiary/aromatic N) is 4. The van der Waals surface area contributed by atoms with Crippen LogP contribution in [0.1, 0.15) is 20.3 Å². The van der Waals surface area contributed by atoms with Crippen molar-refractivity contribution in [3.63, 3.8) is 0 Å². The first-order valence-electron chi connectivity index (χ1n) is 10.9. The highest BCUT2D eigenvalue weighted by atomic mass is 19.1. The second-order valence-corrected chi connectivity index (χ2v) is 8.06. The van der Waals surface area contributed by atoms with Crippen LogP contribution < -0.4 is 20.4 Å².